The first-order valence-electron chi connectivity index (χ1n) is 7.47. The van der Waals surface area contributed by atoms with Gasteiger partial charge in [-0.25, -0.2) is 0 Å². The van der Waals surface area contributed by atoms with Crippen LogP contribution < -0.4 is 5.32 Å². The van der Waals surface area contributed by atoms with E-state index in [9.17, 15) is 0 Å². The quantitative estimate of drug-likeness (QED) is 0.903. The fourth-order valence-electron chi connectivity index (χ4n) is 2.73. The second kappa shape index (κ2) is 6.11. The SMILES string of the molecule is C1CCCC(c2nnc(CNC3CC3)s2)CCC1. The topological polar surface area (TPSA) is 37.8 Å². The van der Waals surface area contributed by atoms with Crippen LogP contribution in [-0.4, -0.2) is 16.2 Å². The first-order chi connectivity index (χ1) is 8.92. The van der Waals surface area contributed by atoms with E-state index in [1.807, 2.05) is 11.3 Å². The van der Waals surface area contributed by atoms with Crippen LogP contribution in [0.15, 0.2) is 0 Å². The molecule has 1 heterocycles. The van der Waals surface area contributed by atoms with Crippen LogP contribution in [0, 0.1) is 0 Å². The summed E-state index contributed by atoms with van der Waals surface area (Å²) in [4.78, 5) is 0. The number of nitrogens with zero attached hydrogens (tertiary/aromatic N) is 2. The zero-order valence-electron chi connectivity index (χ0n) is 11.0. The highest BCUT2D eigenvalue weighted by atomic mass is 32.1. The van der Waals surface area contributed by atoms with Crippen molar-refractivity contribution in [2.75, 3.05) is 0 Å². The van der Waals surface area contributed by atoms with Gasteiger partial charge in [0.2, 0.25) is 0 Å². The number of nitrogens with one attached hydrogen (secondary N) is 1. The Kier molecular flexibility index (Phi) is 4.26. The molecule has 1 aromatic heterocycles. The summed E-state index contributed by atoms with van der Waals surface area (Å²) in [5.41, 5.74) is 0. The molecule has 4 heteroatoms. The lowest BCUT2D eigenvalue weighted by molar-refractivity contribution is 0.453. The van der Waals surface area contributed by atoms with Gasteiger partial charge in [-0.1, -0.05) is 43.4 Å². The molecule has 18 heavy (non-hydrogen) atoms. The number of rotatable bonds is 4. The van der Waals surface area contributed by atoms with Gasteiger partial charge in [0, 0.05) is 18.5 Å². The Morgan fingerprint density at radius 2 is 1.67 bits per heavy atom. The largest absolute Gasteiger partial charge is 0.308 e. The molecule has 0 saturated heterocycles. The van der Waals surface area contributed by atoms with Crippen molar-refractivity contribution in [1.29, 1.82) is 0 Å². The summed E-state index contributed by atoms with van der Waals surface area (Å²) in [5, 5.41) is 14.8. The van der Waals surface area contributed by atoms with Gasteiger partial charge in [-0.15, -0.1) is 10.2 Å². The highest BCUT2D eigenvalue weighted by molar-refractivity contribution is 7.11. The molecule has 0 atom stereocenters. The van der Waals surface area contributed by atoms with Gasteiger partial charge in [0.05, 0.1) is 0 Å². The lowest BCUT2D eigenvalue weighted by Gasteiger charge is -2.16. The molecule has 0 aliphatic heterocycles. The van der Waals surface area contributed by atoms with Crippen LogP contribution in [0.4, 0.5) is 0 Å². The molecule has 100 valence electrons. The zero-order valence-corrected chi connectivity index (χ0v) is 11.8. The smallest absolute Gasteiger partial charge is 0.131 e. The van der Waals surface area contributed by atoms with E-state index in [-0.39, 0.29) is 0 Å². The highest BCUT2D eigenvalue weighted by Gasteiger charge is 2.22. The Bertz CT molecular complexity index is 365. The average molecular weight is 265 g/mol. The Balaban J connectivity index is 1.55. The van der Waals surface area contributed by atoms with Gasteiger partial charge in [0.1, 0.15) is 10.0 Å². The van der Waals surface area contributed by atoms with Crippen molar-refractivity contribution in [2.45, 2.75) is 76.3 Å². The molecule has 1 aromatic rings. The summed E-state index contributed by atoms with van der Waals surface area (Å²) in [6.07, 6.45) is 12.3. The molecule has 0 aromatic carbocycles. The fraction of sp³-hybridized carbons (Fsp3) is 0.857. The zero-order chi connectivity index (χ0) is 12.2. The normalized spacial score (nSPS) is 22.7. The molecule has 0 radical (unpaired) electrons. The Morgan fingerprint density at radius 1 is 0.944 bits per heavy atom. The summed E-state index contributed by atoms with van der Waals surface area (Å²) >= 11 is 1.84. The average Bonchev–Trinajstić information content (AvgIpc) is 3.05. The summed E-state index contributed by atoms with van der Waals surface area (Å²) < 4.78 is 0. The van der Waals surface area contributed by atoms with Crippen LogP contribution in [0.25, 0.3) is 0 Å². The third-order valence-corrected chi connectivity index (χ3v) is 5.14. The van der Waals surface area contributed by atoms with E-state index in [0.717, 1.165) is 12.6 Å². The summed E-state index contributed by atoms with van der Waals surface area (Å²) in [6, 6.07) is 0.763. The van der Waals surface area contributed by atoms with Crippen molar-refractivity contribution in [3.8, 4) is 0 Å². The monoisotopic (exact) mass is 265 g/mol. The maximum atomic E-state index is 4.44. The predicted octanol–water partition coefficient (Wildman–Crippen LogP) is 3.62. The van der Waals surface area contributed by atoms with Crippen molar-refractivity contribution in [3.63, 3.8) is 0 Å². The highest BCUT2D eigenvalue weighted by Crippen LogP contribution is 2.32. The van der Waals surface area contributed by atoms with Crippen LogP contribution in [-0.2, 0) is 6.54 Å². The van der Waals surface area contributed by atoms with E-state index in [2.05, 4.69) is 15.5 Å². The molecule has 1 N–H and O–H groups in total. The van der Waals surface area contributed by atoms with Crippen molar-refractivity contribution < 1.29 is 0 Å². The van der Waals surface area contributed by atoms with Gasteiger partial charge in [-0.2, -0.15) is 0 Å². The third-order valence-electron chi connectivity index (χ3n) is 4.06. The molecule has 0 bridgehead atoms. The van der Waals surface area contributed by atoms with E-state index in [4.69, 9.17) is 0 Å². The molecule has 2 fully saturated rings. The molecule has 0 spiro atoms. The second-order valence-electron chi connectivity index (χ2n) is 5.73. The maximum Gasteiger partial charge on any atom is 0.131 e. The molecule has 2 aliphatic rings. The van der Waals surface area contributed by atoms with E-state index >= 15 is 0 Å². The van der Waals surface area contributed by atoms with E-state index in [1.54, 1.807) is 0 Å². The minimum atomic E-state index is 0.692. The fourth-order valence-corrected chi connectivity index (χ4v) is 3.69. The molecular formula is C14H23N3S. The van der Waals surface area contributed by atoms with Crippen molar-refractivity contribution >= 4 is 11.3 Å². The lowest BCUT2D eigenvalue weighted by Crippen LogP contribution is -2.14. The van der Waals surface area contributed by atoms with Crippen LogP contribution in [0.3, 0.4) is 0 Å². The van der Waals surface area contributed by atoms with Crippen molar-refractivity contribution in [1.82, 2.24) is 15.5 Å². The van der Waals surface area contributed by atoms with E-state index in [0.29, 0.717) is 5.92 Å². The number of aromatic nitrogens is 2. The molecule has 2 aliphatic carbocycles. The first kappa shape index (κ1) is 12.5. The summed E-state index contributed by atoms with van der Waals surface area (Å²) in [6.45, 7) is 0.926. The predicted molar refractivity (Wildman–Crippen MR) is 74.8 cm³/mol. The summed E-state index contributed by atoms with van der Waals surface area (Å²) in [7, 11) is 0. The molecular weight excluding hydrogens is 242 g/mol. The molecule has 0 amide bonds. The van der Waals surface area contributed by atoms with Gasteiger partial charge in [-0.3, -0.25) is 0 Å². The lowest BCUT2D eigenvalue weighted by atomic mass is 9.92. The van der Waals surface area contributed by atoms with Gasteiger partial charge in [-0.05, 0) is 25.7 Å². The van der Waals surface area contributed by atoms with Gasteiger partial charge in [0.15, 0.2) is 0 Å². The first-order valence-corrected chi connectivity index (χ1v) is 8.29. The van der Waals surface area contributed by atoms with Gasteiger partial charge in [0.25, 0.3) is 0 Å². The molecule has 3 nitrogen and oxygen atoms in total. The van der Waals surface area contributed by atoms with E-state index < -0.39 is 0 Å². The van der Waals surface area contributed by atoms with E-state index in [1.165, 1.54) is 67.8 Å². The van der Waals surface area contributed by atoms with Crippen molar-refractivity contribution in [3.05, 3.63) is 10.0 Å². The number of hydrogen-bond donors (Lipinski definition) is 1. The molecule has 3 rings (SSSR count). The second-order valence-corrected chi connectivity index (χ2v) is 6.82. The Morgan fingerprint density at radius 3 is 2.39 bits per heavy atom. The van der Waals surface area contributed by atoms with Crippen LogP contribution in [0.5, 0.6) is 0 Å². The Labute approximate surface area is 113 Å². The maximum absolute atomic E-state index is 4.44. The van der Waals surface area contributed by atoms with Crippen molar-refractivity contribution in [2.24, 2.45) is 0 Å². The summed E-state index contributed by atoms with van der Waals surface area (Å²) in [5.74, 6) is 0.692. The molecule has 2 saturated carbocycles. The van der Waals surface area contributed by atoms with Gasteiger partial charge < -0.3 is 5.32 Å². The number of hydrogen-bond acceptors (Lipinski definition) is 4. The minimum Gasteiger partial charge on any atom is -0.308 e. The molecule has 0 unspecified atom stereocenters. The van der Waals surface area contributed by atoms with Crippen LogP contribution in [0.1, 0.15) is 73.7 Å². The van der Waals surface area contributed by atoms with Crippen LogP contribution >= 0.6 is 11.3 Å². The standard InChI is InChI=1S/C14H23N3S/c1-2-4-6-11(7-5-3-1)14-17-16-13(18-14)10-15-12-8-9-12/h11-12,15H,1-10H2. The Hall–Kier alpha value is -0.480. The minimum absolute atomic E-state index is 0.692. The third kappa shape index (κ3) is 3.51. The van der Waals surface area contributed by atoms with Crippen LogP contribution in [0.2, 0.25) is 0 Å². The van der Waals surface area contributed by atoms with Gasteiger partial charge >= 0.3 is 0 Å².